The second-order valence-corrected chi connectivity index (χ2v) is 8.69. The number of thiophene rings is 1. The number of benzene rings is 1. The molecule has 160 valence electrons. The van der Waals surface area contributed by atoms with Crippen molar-refractivity contribution < 1.29 is 14.7 Å². The van der Waals surface area contributed by atoms with Gasteiger partial charge in [0.15, 0.2) is 0 Å². The molecule has 0 bridgehead atoms. The second-order valence-electron chi connectivity index (χ2n) is 7.71. The summed E-state index contributed by atoms with van der Waals surface area (Å²) in [5.41, 5.74) is 2.66. The number of aryl methyl sites for hydroxylation is 2. The fourth-order valence-corrected chi connectivity index (χ4v) is 4.84. The van der Waals surface area contributed by atoms with E-state index in [-0.39, 0.29) is 11.3 Å². The van der Waals surface area contributed by atoms with Crippen LogP contribution in [-0.4, -0.2) is 52.8 Å². The maximum atomic E-state index is 13.0. The molecule has 30 heavy (non-hydrogen) atoms. The van der Waals surface area contributed by atoms with Crippen LogP contribution in [-0.2, 0) is 9.59 Å². The van der Waals surface area contributed by atoms with Crippen LogP contribution in [0.2, 0.25) is 0 Å². The Hall–Kier alpha value is -2.44. The number of nitrogens with zero attached hydrogens (tertiary/aromatic N) is 2. The number of hydrogen-bond acceptors (Lipinski definition) is 5. The number of aliphatic hydroxyl groups is 1. The van der Waals surface area contributed by atoms with Crippen LogP contribution in [0.15, 0.2) is 41.3 Å². The number of aliphatic hydroxyl groups excluding tert-OH is 1. The summed E-state index contributed by atoms with van der Waals surface area (Å²) in [4.78, 5) is 30.8. The molecule has 1 atom stereocenters. The summed E-state index contributed by atoms with van der Waals surface area (Å²) >= 11 is 1.50. The molecule has 1 aliphatic heterocycles. The summed E-state index contributed by atoms with van der Waals surface area (Å²) in [6.45, 7) is 11.3. The zero-order chi connectivity index (χ0) is 21.8. The minimum Gasteiger partial charge on any atom is -0.507 e. The van der Waals surface area contributed by atoms with E-state index in [4.69, 9.17) is 0 Å². The number of likely N-dealkylation sites (tertiary alicyclic amines) is 1. The van der Waals surface area contributed by atoms with Crippen molar-refractivity contribution in [1.29, 1.82) is 0 Å². The summed E-state index contributed by atoms with van der Waals surface area (Å²) in [5, 5.41) is 13.1. The van der Waals surface area contributed by atoms with Gasteiger partial charge in [-0.3, -0.25) is 9.59 Å². The van der Waals surface area contributed by atoms with E-state index in [1.807, 2.05) is 49.6 Å². The van der Waals surface area contributed by atoms with Gasteiger partial charge in [-0.2, -0.15) is 0 Å². The molecule has 1 aromatic heterocycles. The number of rotatable bonds is 8. The van der Waals surface area contributed by atoms with E-state index in [0.29, 0.717) is 12.1 Å². The van der Waals surface area contributed by atoms with Crippen LogP contribution in [0.4, 0.5) is 0 Å². The molecule has 0 spiro atoms. The second kappa shape index (κ2) is 9.58. The Morgan fingerprint density at radius 3 is 2.53 bits per heavy atom. The Bertz CT molecular complexity index is 945. The van der Waals surface area contributed by atoms with E-state index in [1.165, 1.54) is 11.3 Å². The third-order valence-electron chi connectivity index (χ3n) is 5.77. The fourth-order valence-electron chi connectivity index (χ4n) is 3.99. The van der Waals surface area contributed by atoms with E-state index in [0.717, 1.165) is 42.1 Å². The first-order valence-corrected chi connectivity index (χ1v) is 11.4. The normalized spacial score (nSPS) is 18.6. The largest absolute Gasteiger partial charge is 0.507 e. The first kappa shape index (κ1) is 22.2. The lowest BCUT2D eigenvalue weighted by Gasteiger charge is -2.26. The lowest BCUT2D eigenvalue weighted by atomic mass is 9.96. The highest BCUT2D eigenvalue weighted by atomic mass is 32.1. The Morgan fingerprint density at radius 2 is 1.90 bits per heavy atom. The highest BCUT2D eigenvalue weighted by Crippen LogP contribution is 2.41. The predicted molar refractivity (Wildman–Crippen MR) is 122 cm³/mol. The molecule has 0 radical (unpaired) electrons. The van der Waals surface area contributed by atoms with E-state index < -0.39 is 17.7 Å². The van der Waals surface area contributed by atoms with Crippen molar-refractivity contribution in [3.8, 4) is 0 Å². The van der Waals surface area contributed by atoms with Crippen LogP contribution < -0.4 is 0 Å². The SMILES string of the molecule is CCN(CC)CCCN1C(=O)C(=O)C(=C(O)c2cc(C)ccc2C)C1c1cccs1. The fraction of sp³-hybridized carbons (Fsp3) is 0.417. The minimum atomic E-state index is -0.602. The predicted octanol–water partition coefficient (Wildman–Crippen LogP) is 4.52. The molecule has 6 heteroatoms. The summed E-state index contributed by atoms with van der Waals surface area (Å²) < 4.78 is 0. The lowest BCUT2D eigenvalue weighted by Crippen LogP contribution is -2.33. The topological polar surface area (TPSA) is 60.9 Å². The summed E-state index contributed by atoms with van der Waals surface area (Å²) in [6, 6.07) is 9.05. The molecule has 1 aromatic carbocycles. The van der Waals surface area contributed by atoms with Crippen LogP contribution in [0.1, 0.15) is 47.9 Å². The van der Waals surface area contributed by atoms with Crippen molar-refractivity contribution in [2.45, 2.75) is 40.2 Å². The van der Waals surface area contributed by atoms with Crippen LogP contribution >= 0.6 is 11.3 Å². The number of hydrogen-bond donors (Lipinski definition) is 1. The molecule has 1 aliphatic rings. The van der Waals surface area contributed by atoms with Crippen LogP contribution in [0.5, 0.6) is 0 Å². The Labute approximate surface area is 182 Å². The minimum absolute atomic E-state index is 0.0841. The number of carbonyl (C=O) groups excluding carboxylic acids is 2. The Kier molecular flexibility index (Phi) is 7.10. The Balaban J connectivity index is 2.01. The van der Waals surface area contributed by atoms with Gasteiger partial charge in [-0.1, -0.05) is 37.6 Å². The number of ketones is 1. The zero-order valence-electron chi connectivity index (χ0n) is 18.1. The summed E-state index contributed by atoms with van der Waals surface area (Å²) in [7, 11) is 0. The molecule has 5 nitrogen and oxygen atoms in total. The Morgan fingerprint density at radius 1 is 1.17 bits per heavy atom. The van der Waals surface area contributed by atoms with Gasteiger partial charge in [-0.25, -0.2) is 0 Å². The van der Waals surface area contributed by atoms with Crippen molar-refractivity contribution in [1.82, 2.24) is 9.80 Å². The monoisotopic (exact) mass is 426 g/mol. The lowest BCUT2D eigenvalue weighted by molar-refractivity contribution is -0.139. The van der Waals surface area contributed by atoms with Crippen molar-refractivity contribution >= 4 is 28.8 Å². The van der Waals surface area contributed by atoms with Gasteiger partial charge in [0.25, 0.3) is 11.7 Å². The smallest absolute Gasteiger partial charge is 0.295 e. The highest BCUT2D eigenvalue weighted by molar-refractivity contribution is 7.10. The molecule has 1 N–H and O–H groups in total. The summed E-state index contributed by atoms with van der Waals surface area (Å²) in [6.07, 6.45) is 0.778. The molecule has 0 aliphatic carbocycles. The van der Waals surface area contributed by atoms with Gasteiger partial charge in [0.1, 0.15) is 5.76 Å². The van der Waals surface area contributed by atoms with E-state index in [1.54, 1.807) is 4.90 Å². The van der Waals surface area contributed by atoms with Crippen LogP contribution in [0.3, 0.4) is 0 Å². The molecule has 1 fully saturated rings. The molecule has 1 saturated heterocycles. The first-order chi connectivity index (χ1) is 14.4. The van der Waals surface area contributed by atoms with Gasteiger partial charge in [-0.15, -0.1) is 11.3 Å². The number of Topliss-reactive ketones (excluding diaryl/α,β-unsaturated/α-hetero) is 1. The molecule has 3 rings (SSSR count). The van der Waals surface area contributed by atoms with Crippen LogP contribution in [0.25, 0.3) is 5.76 Å². The molecule has 2 aromatic rings. The standard InChI is InChI=1S/C24H30N2O3S/c1-5-25(6-2)12-8-13-26-21(19-9-7-14-30-19)20(23(28)24(26)29)22(27)18-15-16(3)10-11-17(18)4/h7,9-11,14-15,21,27H,5-6,8,12-13H2,1-4H3. The molecule has 0 saturated carbocycles. The molecular formula is C24H30N2O3S. The van der Waals surface area contributed by atoms with Gasteiger partial charge in [0.05, 0.1) is 11.6 Å². The maximum absolute atomic E-state index is 13.0. The van der Waals surface area contributed by atoms with E-state index >= 15 is 0 Å². The van der Waals surface area contributed by atoms with Gasteiger partial charge >= 0.3 is 0 Å². The average Bonchev–Trinajstić information content (AvgIpc) is 3.35. The zero-order valence-corrected chi connectivity index (χ0v) is 19.0. The van der Waals surface area contributed by atoms with Gasteiger partial charge in [0.2, 0.25) is 0 Å². The molecule has 1 unspecified atom stereocenters. The summed E-state index contributed by atoms with van der Waals surface area (Å²) in [5.74, 6) is -1.21. The average molecular weight is 427 g/mol. The first-order valence-electron chi connectivity index (χ1n) is 10.5. The molecular weight excluding hydrogens is 396 g/mol. The van der Waals surface area contributed by atoms with Crippen LogP contribution in [0, 0.1) is 13.8 Å². The third kappa shape index (κ3) is 4.35. The number of carbonyl (C=O) groups is 2. The van der Waals surface area contributed by atoms with Gasteiger partial charge in [-0.05, 0) is 63.0 Å². The van der Waals surface area contributed by atoms with Gasteiger partial charge < -0.3 is 14.9 Å². The van der Waals surface area contributed by atoms with Crippen molar-refractivity contribution in [3.63, 3.8) is 0 Å². The van der Waals surface area contributed by atoms with E-state index in [9.17, 15) is 14.7 Å². The van der Waals surface area contributed by atoms with Crippen molar-refractivity contribution in [2.75, 3.05) is 26.2 Å². The number of amides is 1. The molecule has 1 amide bonds. The highest BCUT2D eigenvalue weighted by Gasteiger charge is 2.46. The van der Waals surface area contributed by atoms with E-state index in [2.05, 4.69) is 18.7 Å². The maximum Gasteiger partial charge on any atom is 0.295 e. The van der Waals surface area contributed by atoms with Crippen molar-refractivity contribution in [2.24, 2.45) is 0 Å². The third-order valence-corrected chi connectivity index (χ3v) is 6.69. The molecule has 2 heterocycles. The quantitative estimate of drug-likeness (QED) is 0.383. The van der Waals surface area contributed by atoms with Crippen molar-refractivity contribution in [3.05, 3.63) is 62.9 Å². The van der Waals surface area contributed by atoms with Gasteiger partial charge in [0, 0.05) is 17.0 Å².